The zero-order valence-corrected chi connectivity index (χ0v) is 11.9. The zero-order valence-electron chi connectivity index (χ0n) is 11.1. The van der Waals surface area contributed by atoms with Crippen molar-refractivity contribution in [3.63, 3.8) is 0 Å². The fourth-order valence-electron chi connectivity index (χ4n) is 1.88. The van der Waals surface area contributed by atoms with Crippen LogP contribution in [0.1, 0.15) is 25.8 Å². The number of esters is 1. The first-order valence-corrected chi connectivity index (χ1v) is 6.57. The third kappa shape index (κ3) is 4.31. The lowest BCUT2D eigenvalue weighted by molar-refractivity contribution is -0.149. The van der Waals surface area contributed by atoms with E-state index in [4.69, 9.17) is 16.3 Å². The lowest BCUT2D eigenvalue weighted by Gasteiger charge is -2.25. The van der Waals surface area contributed by atoms with Gasteiger partial charge in [-0.15, -0.1) is 0 Å². The van der Waals surface area contributed by atoms with Gasteiger partial charge in [0.15, 0.2) is 0 Å². The minimum absolute atomic E-state index is 0.156. The summed E-state index contributed by atoms with van der Waals surface area (Å²) in [5.41, 5.74) is 1.13. The number of carbonyl (C=O) groups is 1. The van der Waals surface area contributed by atoms with Crippen molar-refractivity contribution in [3.8, 4) is 0 Å². The van der Waals surface area contributed by atoms with E-state index in [9.17, 15) is 4.79 Å². The Kier molecular flexibility index (Phi) is 6.16. The van der Waals surface area contributed by atoms with E-state index in [-0.39, 0.29) is 12.0 Å². The van der Waals surface area contributed by atoms with Crippen LogP contribution in [0.3, 0.4) is 0 Å². The molecule has 0 saturated carbocycles. The zero-order chi connectivity index (χ0) is 13.5. The van der Waals surface area contributed by atoms with Gasteiger partial charge in [-0.3, -0.25) is 9.69 Å². The highest BCUT2D eigenvalue weighted by molar-refractivity contribution is 6.30. The molecule has 0 radical (unpaired) electrons. The minimum atomic E-state index is -0.194. The molecule has 0 spiro atoms. The highest BCUT2D eigenvalue weighted by Gasteiger charge is 2.22. The number of nitrogens with zero attached hydrogens (tertiary/aromatic N) is 1. The number of benzene rings is 1. The van der Waals surface area contributed by atoms with Crippen molar-refractivity contribution in [1.82, 2.24) is 4.90 Å². The summed E-state index contributed by atoms with van der Waals surface area (Å²) in [5, 5.41) is 0.721. The van der Waals surface area contributed by atoms with E-state index in [1.807, 2.05) is 50.1 Å². The topological polar surface area (TPSA) is 29.5 Å². The fourth-order valence-corrected chi connectivity index (χ4v) is 2.01. The average molecular weight is 270 g/mol. The van der Waals surface area contributed by atoms with E-state index in [0.717, 1.165) is 17.0 Å². The predicted octanol–water partition coefficient (Wildman–Crippen LogP) is 3.11. The van der Waals surface area contributed by atoms with Gasteiger partial charge in [-0.25, -0.2) is 0 Å². The Morgan fingerprint density at radius 3 is 2.44 bits per heavy atom. The molecule has 0 N–H and O–H groups in total. The number of ether oxygens (including phenoxy) is 1. The summed E-state index contributed by atoms with van der Waals surface area (Å²) in [5.74, 6) is -0.156. The van der Waals surface area contributed by atoms with Crippen molar-refractivity contribution < 1.29 is 9.53 Å². The third-order valence-electron chi connectivity index (χ3n) is 2.82. The Morgan fingerprint density at radius 1 is 1.33 bits per heavy atom. The maximum atomic E-state index is 11.8. The summed E-state index contributed by atoms with van der Waals surface area (Å²) >= 11 is 5.84. The second-order valence-electron chi connectivity index (χ2n) is 4.22. The summed E-state index contributed by atoms with van der Waals surface area (Å²) in [6.45, 7) is 4.93. The highest BCUT2D eigenvalue weighted by Crippen LogP contribution is 2.13. The van der Waals surface area contributed by atoms with Crippen molar-refractivity contribution in [2.24, 2.45) is 0 Å². The van der Waals surface area contributed by atoms with Crippen LogP contribution in [0, 0.1) is 0 Å². The number of likely N-dealkylation sites (N-methyl/N-ethyl adjacent to an activating group) is 1. The normalized spacial score (nSPS) is 12.5. The Bertz CT molecular complexity index is 378. The summed E-state index contributed by atoms with van der Waals surface area (Å²) in [6, 6.07) is 7.46. The van der Waals surface area contributed by atoms with Gasteiger partial charge < -0.3 is 4.74 Å². The number of hydrogen-bond acceptors (Lipinski definition) is 3. The number of rotatable bonds is 6. The van der Waals surface area contributed by atoms with Crippen LogP contribution in [-0.4, -0.2) is 30.6 Å². The Balaban J connectivity index is 2.64. The molecule has 1 unspecified atom stereocenters. The smallest absolute Gasteiger partial charge is 0.323 e. The van der Waals surface area contributed by atoms with Crippen molar-refractivity contribution in [1.29, 1.82) is 0 Å². The van der Waals surface area contributed by atoms with Crippen LogP contribution in [0.15, 0.2) is 24.3 Å². The summed E-state index contributed by atoms with van der Waals surface area (Å²) in [4.78, 5) is 13.8. The molecule has 0 aromatic heterocycles. The van der Waals surface area contributed by atoms with E-state index >= 15 is 0 Å². The van der Waals surface area contributed by atoms with Crippen LogP contribution in [0.25, 0.3) is 0 Å². The average Bonchev–Trinajstić information content (AvgIpc) is 2.33. The molecule has 1 atom stereocenters. The Labute approximate surface area is 114 Å². The molecule has 18 heavy (non-hydrogen) atoms. The largest absolute Gasteiger partial charge is 0.465 e. The quantitative estimate of drug-likeness (QED) is 0.743. The van der Waals surface area contributed by atoms with Gasteiger partial charge in [0.1, 0.15) is 6.04 Å². The number of halogens is 1. The predicted molar refractivity (Wildman–Crippen MR) is 73.6 cm³/mol. The molecule has 0 bridgehead atoms. The van der Waals surface area contributed by atoms with Gasteiger partial charge in [-0.1, -0.05) is 30.7 Å². The first kappa shape index (κ1) is 15.0. The van der Waals surface area contributed by atoms with Crippen molar-refractivity contribution in [3.05, 3.63) is 34.9 Å². The second-order valence-corrected chi connectivity index (χ2v) is 4.65. The van der Waals surface area contributed by atoms with Gasteiger partial charge in [-0.2, -0.15) is 0 Å². The lowest BCUT2D eigenvalue weighted by Crippen LogP contribution is -2.38. The monoisotopic (exact) mass is 269 g/mol. The third-order valence-corrected chi connectivity index (χ3v) is 3.07. The molecule has 0 fully saturated rings. The van der Waals surface area contributed by atoms with Crippen molar-refractivity contribution >= 4 is 17.6 Å². The van der Waals surface area contributed by atoms with E-state index in [0.29, 0.717) is 13.2 Å². The van der Waals surface area contributed by atoms with Crippen LogP contribution < -0.4 is 0 Å². The van der Waals surface area contributed by atoms with E-state index in [2.05, 4.69) is 0 Å². The molecule has 0 amide bonds. The first-order valence-electron chi connectivity index (χ1n) is 6.19. The molecular weight excluding hydrogens is 250 g/mol. The Hall–Kier alpha value is -1.06. The van der Waals surface area contributed by atoms with Gasteiger partial charge in [0, 0.05) is 11.6 Å². The first-order chi connectivity index (χ1) is 8.58. The van der Waals surface area contributed by atoms with Gasteiger partial charge in [-0.05, 0) is 38.1 Å². The lowest BCUT2D eigenvalue weighted by atomic mass is 10.1. The summed E-state index contributed by atoms with van der Waals surface area (Å²) in [6.07, 6.45) is 0.739. The van der Waals surface area contributed by atoms with Crippen LogP contribution in [0.2, 0.25) is 5.02 Å². The molecule has 4 heteroatoms. The molecule has 1 rings (SSSR count). The highest BCUT2D eigenvalue weighted by atomic mass is 35.5. The molecule has 0 heterocycles. The molecule has 0 aliphatic rings. The number of hydrogen-bond donors (Lipinski definition) is 0. The summed E-state index contributed by atoms with van der Waals surface area (Å²) < 4.78 is 5.07. The minimum Gasteiger partial charge on any atom is -0.465 e. The Morgan fingerprint density at radius 2 is 1.94 bits per heavy atom. The fraction of sp³-hybridized carbons (Fsp3) is 0.500. The second kappa shape index (κ2) is 7.39. The van der Waals surface area contributed by atoms with Crippen LogP contribution in [0.4, 0.5) is 0 Å². The SMILES string of the molecule is CCOC(=O)C(CC)N(C)Cc1ccc(Cl)cc1. The van der Waals surface area contributed by atoms with Gasteiger partial charge in [0.25, 0.3) is 0 Å². The summed E-state index contributed by atoms with van der Waals surface area (Å²) in [7, 11) is 1.93. The van der Waals surface area contributed by atoms with Crippen molar-refractivity contribution in [2.45, 2.75) is 32.9 Å². The van der Waals surface area contributed by atoms with E-state index in [1.165, 1.54) is 0 Å². The standard InChI is InChI=1S/C14H20ClNO2/c1-4-13(14(17)18-5-2)16(3)10-11-6-8-12(15)9-7-11/h6-9,13H,4-5,10H2,1-3H3. The molecular formula is C14H20ClNO2. The van der Waals surface area contributed by atoms with Crippen molar-refractivity contribution in [2.75, 3.05) is 13.7 Å². The van der Waals surface area contributed by atoms with Crippen LogP contribution >= 0.6 is 11.6 Å². The number of carbonyl (C=O) groups excluding carboxylic acids is 1. The van der Waals surface area contributed by atoms with Gasteiger partial charge >= 0.3 is 5.97 Å². The van der Waals surface area contributed by atoms with Gasteiger partial charge in [0.2, 0.25) is 0 Å². The maximum absolute atomic E-state index is 11.8. The molecule has 1 aromatic carbocycles. The molecule has 0 aliphatic carbocycles. The maximum Gasteiger partial charge on any atom is 0.323 e. The van der Waals surface area contributed by atoms with Crippen LogP contribution in [0.5, 0.6) is 0 Å². The molecule has 1 aromatic rings. The molecule has 100 valence electrons. The van der Waals surface area contributed by atoms with E-state index in [1.54, 1.807) is 0 Å². The molecule has 3 nitrogen and oxygen atoms in total. The van der Waals surface area contributed by atoms with E-state index < -0.39 is 0 Å². The molecule has 0 saturated heterocycles. The van der Waals surface area contributed by atoms with Crippen LogP contribution in [-0.2, 0) is 16.1 Å². The molecule has 0 aliphatic heterocycles. The van der Waals surface area contributed by atoms with Gasteiger partial charge in [0.05, 0.1) is 6.61 Å².